The second-order valence-corrected chi connectivity index (χ2v) is 8.01. The zero-order valence-electron chi connectivity index (χ0n) is 16.5. The number of fused-ring (bicyclic) bond motifs is 3. The van der Waals surface area contributed by atoms with Crippen molar-refractivity contribution < 1.29 is 19.4 Å². The second-order valence-electron chi connectivity index (χ2n) is 8.01. The third-order valence-electron chi connectivity index (χ3n) is 6.23. The summed E-state index contributed by atoms with van der Waals surface area (Å²) in [6.45, 7) is 0.240. The summed E-state index contributed by atoms with van der Waals surface area (Å²) in [7, 11) is 0. The number of hydrogen-bond acceptors (Lipinski definition) is 3. The molecule has 2 atom stereocenters. The van der Waals surface area contributed by atoms with Crippen LogP contribution in [-0.2, 0) is 9.53 Å². The minimum absolute atomic E-state index is 0.000698. The van der Waals surface area contributed by atoms with Gasteiger partial charge < -0.3 is 15.2 Å². The third-order valence-corrected chi connectivity index (χ3v) is 6.23. The molecule has 0 radical (unpaired) electrons. The first-order chi connectivity index (χ1) is 14.1. The number of hydrogen-bond donors (Lipinski definition) is 2. The average molecular weight is 393 g/mol. The van der Waals surface area contributed by atoms with Gasteiger partial charge in [-0.1, -0.05) is 74.2 Å². The summed E-state index contributed by atoms with van der Waals surface area (Å²) in [5.74, 6) is -1.38. The number of ether oxygens (including phenoxy) is 1. The van der Waals surface area contributed by atoms with Gasteiger partial charge >= 0.3 is 12.1 Å². The van der Waals surface area contributed by atoms with Gasteiger partial charge in [-0.05, 0) is 35.1 Å². The Bertz CT molecular complexity index is 848. The Balaban J connectivity index is 1.43. The molecule has 2 aromatic carbocycles. The van der Waals surface area contributed by atoms with Gasteiger partial charge in [-0.2, -0.15) is 0 Å². The molecule has 152 valence electrons. The lowest BCUT2D eigenvalue weighted by molar-refractivity contribution is -0.143. The molecule has 0 aromatic heterocycles. The molecule has 2 aliphatic carbocycles. The van der Waals surface area contributed by atoms with Crippen LogP contribution in [0.15, 0.2) is 48.5 Å². The lowest BCUT2D eigenvalue weighted by Gasteiger charge is -2.27. The standard InChI is InChI=1S/C24H27NO4/c26-23(27)20-13-3-1-2-4-14-22(20)25-24(28)29-15-21-18-11-7-5-9-16(18)17-10-6-8-12-19(17)21/h5-12,20-22H,1-4,13-15H2,(H,25,28)(H,26,27)/t20-,22+/m1/s1. The van der Waals surface area contributed by atoms with Gasteiger partial charge in [-0.15, -0.1) is 0 Å². The van der Waals surface area contributed by atoms with E-state index in [0.29, 0.717) is 12.8 Å². The highest BCUT2D eigenvalue weighted by Gasteiger charge is 2.32. The van der Waals surface area contributed by atoms with E-state index in [9.17, 15) is 14.7 Å². The van der Waals surface area contributed by atoms with Crippen molar-refractivity contribution in [2.45, 2.75) is 50.5 Å². The Kier molecular flexibility index (Phi) is 5.84. The van der Waals surface area contributed by atoms with E-state index in [1.54, 1.807) is 0 Å². The predicted molar refractivity (Wildman–Crippen MR) is 111 cm³/mol. The van der Waals surface area contributed by atoms with E-state index in [4.69, 9.17) is 4.74 Å². The van der Waals surface area contributed by atoms with Crippen molar-refractivity contribution in [3.05, 3.63) is 59.7 Å². The van der Waals surface area contributed by atoms with Gasteiger partial charge in [0.2, 0.25) is 0 Å². The van der Waals surface area contributed by atoms with Crippen LogP contribution in [0.2, 0.25) is 0 Å². The molecule has 5 heteroatoms. The summed E-state index contributed by atoms with van der Waals surface area (Å²) >= 11 is 0. The highest BCUT2D eigenvalue weighted by molar-refractivity contribution is 5.79. The zero-order valence-corrected chi connectivity index (χ0v) is 16.5. The zero-order chi connectivity index (χ0) is 20.2. The Labute approximate surface area is 171 Å². The number of benzene rings is 2. The molecule has 2 aromatic rings. The summed E-state index contributed by atoms with van der Waals surface area (Å²) in [4.78, 5) is 24.2. The molecule has 2 aliphatic rings. The number of carbonyl (C=O) groups is 2. The number of aliphatic carboxylic acids is 1. The average Bonchev–Trinajstić information content (AvgIpc) is 3.02. The fraction of sp³-hybridized carbons (Fsp3) is 0.417. The largest absolute Gasteiger partial charge is 0.481 e. The van der Waals surface area contributed by atoms with E-state index >= 15 is 0 Å². The Morgan fingerprint density at radius 3 is 2.10 bits per heavy atom. The molecule has 0 spiro atoms. The summed E-state index contributed by atoms with van der Waals surface area (Å²) in [6.07, 6.45) is 4.71. The Hall–Kier alpha value is -2.82. The van der Waals surface area contributed by atoms with Crippen LogP contribution >= 0.6 is 0 Å². The van der Waals surface area contributed by atoms with E-state index < -0.39 is 18.0 Å². The highest BCUT2D eigenvalue weighted by atomic mass is 16.5. The van der Waals surface area contributed by atoms with Crippen molar-refractivity contribution in [3.8, 4) is 11.1 Å². The number of rotatable bonds is 4. The van der Waals surface area contributed by atoms with E-state index in [-0.39, 0.29) is 18.6 Å². The number of carboxylic acid groups (broad SMARTS) is 1. The van der Waals surface area contributed by atoms with Crippen LogP contribution in [0.25, 0.3) is 11.1 Å². The van der Waals surface area contributed by atoms with Gasteiger partial charge in [0, 0.05) is 12.0 Å². The van der Waals surface area contributed by atoms with Crippen LogP contribution in [0.4, 0.5) is 4.79 Å². The van der Waals surface area contributed by atoms with Crippen LogP contribution in [0.1, 0.15) is 55.6 Å². The van der Waals surface area contributed by atoms with Crippen molar-refractivity contribution in [2.75, 3.05) is 6.61 Å². The molecule has 1 amide bonds. The maximum atomic E-state index is 12.5. The summed E-state index contributed by atoms with van der Waals surface area (Å²) in [5.41, 5.74) is 4.69. The maximum Gasteiger partial charge on any atom is 0.407 e. The van der Waals surface area contributed by atoms with Crippen LogP contribution in [0.5, 0.6) is 0 Å². The quantitative estimate of drug-likeness (QED) is 0.771. The van der Waals surface area contributed by atoms with E-state index in [2.05, 4.69) is 29.6 Å². The van der Waals surface area contributed by atoms with E-state index in [1.807, 2.05) is 24.3 Å². The van der Waals surface area contributed by atoms with Crippen LogP contribution < -0.4 is 5.32 Å². The monoisotopic (exact) mass is 393 g/mol. The fourth-order valence-corrected chi connectivity index (χ4v) is 4.74. The molecule has 0 bridgehead atoms. The first kappa shape index (κ1) is 19.5. The minimum Gasteiger partial charge on any atom is -0.481 e. The van der Waals surface area contributed by atoms with E-state index in [0.717, 1.165) is 36.8 Å². The smallest absolute Gasteiger partial charge is 0.407 e. The number of carboxylic acids is 1. The molecule has 0 aliphatic heterocycles. The van der Waals surface area contributed by atoms with E-state index in [1.165, 1.54) is 11.1 Å². The molecule has 0 heterocycles. The molecule has 1 fully saturated rings. The molecule has 2 N–H and O–H groups in total. The minimum atomic E-state index is -0.837. The van der Waals surface area contributed by atoms with Gasteiger partial charge in [0.15, 0.2) is 0 Å². The normalized spacial score (nSPS) is 21.4. The lowest BCUT2D eigenvalue weighted by atomic mass is 9.87. The van der Waals surface area contributed by atoms with Crippen molar-refractivity contribution in [1.29, 1.82) is 0 Å². The third kappa shape index (κ3) is 4.14. The van der Waals surface area contributed by atoms with Crippen molar-refractivity contribution >= 4 is 12.1 Å². The summed E-state index contributed by atoms with van der Waals surface area (Å²) in [6, 6.07) is 16.0. The molecule has 5 nitrogen and oxygen atoms in total. The molecule has 0 saturated heterocycles. The first-order valence-corrected chi connectivity index (χ1v) is 10.5. The van der Waals surface area contributed by atoms with Gasteiger partial charge in [-0.25, -0.2) is 4.79 Å². The van der Waals surface area contributed by atoms with Crippen molar-refractivity contribution in [3.63, 3.8) is 0 Å². The number of amides is 1. The molecule has 29 heavy (non-hydrogen) atoms. The summed E-state index contributed by atoms with van der Waals surface area (Å²) < 4.78 is 5.60. The molecular weight excluding hydrogens is 366 g/mol. The lowest BCUT2D eigenvalue weighted by Crippen LogP contribution is -2.44. The number of alkyl carbamates (subject to hydrolysis) is 1. The van der Waals surface area contributed by atoms with Crippen LogP contribution in [0, 0.1) is 5.92 Å². The topological polar surface area (TPSA) is 75.6 Å². The molecule has 1 saturated carbocycles. The van der Waals surface area contributed by atoms with Gasteiger partial charge in [0.1, 0.15) is 6.61 Å². The molecular formula is C24H27NO4. The maximum absolute atomic E-state index is 12.5. The van der Waals surface area contributed by atoms with Crippen LogP contribution in [0.3, 0.4) is 0 Å². The van der Waals surface area contributed by atoms with Gasteiger partial charge in [0.05, 0.1) is 5.92 Å². The van der Waals surface area contributed by atoms with Crippen molar-refractivity contribution in [1.82, 2.24) is 5.32 Å². The SMILES string of the molecule is O=C(N[C@H]1CCCCCC[C@H]1C(=O)O)OCC1c2ccccc2-c2ccccc21. The first-order valence-electron chi connectivity index (χ1n) is 10.5. The number of nitrogens with one attached hydrogen (secondary N) is 1. The van der Waals surface area contributed by atoms with Gasteiger partial charge in [0.25, 0.3) is 0 Å². The Morgan fingerprint density at radius 1 is 0.897 bits per heavy atom. The molecule has 4 rings (SSSR count). The Morgan fingerprint density at radius 2 is 1.48 bits per heavy atom. The fourth-order valence-electron chi connectivity index (χ4n) is 4.74. The number of carbonyl (C=O) groups excluding carboxylic acids is 1. The van der Waals surface area contributed by atoms with Crippen molar-refractivity contribution in [2.24, 2.45) is 5.92 Å². The molecule has 0 unspecified atom stereocenters. The summed E-state index contributed by atoms with van der Waals surface area (Å²) in [5, 5.41) is 12.4. The highest BCUT2D eigenvalue weighted by Crippen LogP contribution is 2.44. The van der Waals surface area contributed by atoms with Gasteiger partial charge in [-0.3, -0.25) is 4.79 Å². The predicted octanol–water partition coefficient (Wildman–Crippen LogP) is 4.95. The second kappa shape index (κ2) is 8.68. The van der Waals surface area contributed by atoms with Crippen LogP contribution in [-0.4, -0.2) is 29.8 Å².